The van der Waals surface area contributed by atoms with Crippen molar-refractivity contribution >= 4 is 11.0 Å². The predicted molar refractivity (Wildman–Crippen MR) is 248 cm³/mol. The van der Waals surface area contributed by atoms with Crippen molar-refractivity contribution in [1.82, 2.24) is 14.5 Å². The van der Waals surface area contributed by atoms with Crippen LogP contribution in [0.1, 0.15) is 99.1 Å². The van der Waals surface area contributed by atoms with E-state index in [9.17, 15) is 5.11 Å². The Hall–Kier alpha value is -5.57. The van der Waals surface area contributed by atoms with E-state index in [1.165, 1.54) is 0 Å². The Morgan fingerprint density at radius 2 is 1.45 bits per heavy atom. The minimum Gasteiger partial charge on any atom is -0.507 e. The minimum absolute atomic E-state index is 0. The van der Waals surface area contributed by atoms with E-state index < -0.39 is 12.7 Å². The average molecular weight is 972 g/mol. The second-order valence-electron chi connectivity index (χ2n) is 17.3. The van der Waals surface area contributed by atoms with E-state index in [-0.39, 0.29) is 43.7 Å². The van der Waals surface area contributed by atoms with Crippen LogP contribution in [-0.2, 0) is 26.5 Å². The molecule has 0 radical (unpaired) electrons. The number of para-hydroxylation sites is 1. The van der Waals surface area contributed by atoms with Gasteiger partial charge in [-0.1, -0.05) is 138 Å². The van der Waals surface area contributed by atoms with Crippen molar-refractivity contribution in [3.63, 3.8) is 0 Å². The molecule has 0 aliphatic heterocycles. The summed E-state index contributed by atoms with van der Waals surface area (Å²) in [6, 6.07) is 43.8. The van der Waals surface area contributed by atoms with Gasteiger partial charge in [-0.05, 0) is 118 Å². The molecule has 0 atom stereocenters. The molecular weight excluding hydrogens is 914 g/mol. The summed E-state index contributed by atoms with van der Waals surface area (Å²) < 4.78 is 38.0. The third kappa shape index (κ3) is 8.03. The van der Waals surface area contributed by atoms with E-state index in [0.29, 0.717) is 33.7 Å². The Bertz CT molecular complexity index is 3030. The Morgan fingerprint density at radius 1 is 0.717 bits per heavy atom. The smallest absolute Gasteiger partial charge is 0.148 e. The standard InChI is InChI=1S/C55H54N3O.Pt/c1-33(2)44-18-14-19-45(34(3)4)51(44)40-22-23-49(36(6)28-40)58-50-21-15-20-46(52(50)57-54(58)47-27-35(5)26-37(7)53(47)59)41-29-42(31-43(30-41)55(8,9)10)48-32-39(24-25-56-48)38-16-12-11-13-17-38;/h11-28,30-34,59H,1-10H3;/q-1;/i6D3,33D;. The fraction of sp³-hybridized carbons (Fsp3) is 0.236. The Balaban J connectivity index is 0.00000612. The molecule has 0 aliphatic carbocycles. The van der Waals surface area contributed by atoms with Gasteiger partial charge < -0.3 is 5.11 Å². The molecule has 0 saturated heterocycles. The van der Waals surface area contributed by atoms with Crippen molar-refractivity contribution in [2.75, 3.05) is 0 Å². The van der Waals surface area contributed by atoms with Gasteiger partial charge in [-0.3, -0.25) is 9.55 Å². The van der Waals surface area contributed by atoms with E-state index in [0.717, 1.165) is 66.9 Å². The van der Waals surface area contributed by atoms with Gasteiger partial charge in [0.05, 0.1) is 22.3 Å². The summed E-state index contributed by atoms with van der Waals surface area (Å²) in [7, 11) is 0. The first-order valence-electron chi connectivity index (χ1n) is 22.4. The second kappa shape index (κ2) is 16.8. The quantitative estimate of drug-likeness (QED) is 0.154. The Morgan fingerprint density at radius 3 is 2.17 bits per heavy atom. The molecule has 0 aliphatic rings. The van der Waals surface area contributed by atoms with Gasteiger partial charge >= 0.3 is 0 Å². The number of aromatic hydroxyl groups is 1. The topological polar surface area (TPSA) is 50.9 Å². The summed E-state index contributed by atoms with van der Waals surface area (Å²) in [5, 5.41) is 11.8. The summed E-state index contributed by atoms with van der Waals surface area (Å²) in [6.07, 6.45) is 1.84. The molecule has 60 heavy (non-hydrogen) atoms. The number of imidazole rings is 1. The molecule has 0 spiro atoms. The first-order valence-corrected chi connectivity index (χ1v) is 20.4. The maximum atomic E-state index is 11.8. The van der Waals surface area contributed by atoms with E-state index in [1.807, 2.05) is 117 Å². The first kappa shape index (κ1) is 37.4. The summed E-state index contributed by atoms with van der Waals surface area (Å²) >= 11 is 0. The molecule has 0 bridgehead atoms. The van der Waals surface area contributed by atoms with Crippen LogP contribution in [0.2, 0.25) is 0 Å². The largest absolute Gasteiger partial charge is 0.507 e. The molecule has 2 aromatic heterocycles. The predicted octanol–water partition coefficient (Wildman–Crippen LogP) is 14.7. The van der Waals surface area contributed by atoms with Crippen LogP contribution in [0.25, 0.3) is 72.7 Å². The fourth-order valence-electron chi connectivity index (χ4n) is 8.22. The molecule has 2 heterocycles. The number of phenolic OH excluding ortho intramolecular Hbond substituents is 1. The molecule has 4 nitrogen and oxygen atoms in total. The summed E-state index contributed by atoms with van der Waals surface area (Å²) in [5.74, 6) is -0.316. The SMILES string of the molecule is [2H]C([2H])([2H])c1cc(-c2c(C(C)C)cccc2C([2H])(C)C)ccc1-n1c(-c2cc(C)cc(C)c2O)nc2c(-c3[c-]c(-c4cc(-c5ccccc5)ccn4)cc(C(C)(C)C)c3)cccc21.[Pt]. The first-order chi connectivity index (χ1) is 29.7. The molecule has 8 aromatic rings. The van der Waals surface area contributed by atoms with Gasteiger partial charge in [-0.2, -0.15) is 0 Å². The molecule has 8 rings (SSSR count). The number of aromatic nitrogens is 3. The van der Waals surface area contributed by atoms with Crippen LogP contribution in [0.15, 0.2) is 128 Å². The van der Waals surface area contributed by atoms with Crippen LogP contribution in [0.3, 0.4) is 0 Å². The molecule has 0 fully saturated rings. The fourth-order valence-corrected chi connectivity index (χ4v) is 8.22. The third-order valence-corrected chi connectivity index (χ3v) is 11.3. The van der Waals surface area contributed by atoms with Crippen molar-refractivity contribution in [2.45, 2.75) is 86.4 Å². The molecule has 1 N–H and O–H groups in total. The second-order valence-corrected chi connectivity index (χ2v) is 17.3. The van der Waals surface area contributed by atoms with E-state index in [4.69, 9.17) is 15.5 Å². The molecule has 0 saturated carbocycles. The van der Waals surface area contributed by atoms with Crippen molar-refractivity contribution in [2.24, 2.45) is 0 Å². The summed E-state index contributed by atoms with van der Waals surface area (Å²) in [5.41, 5.74) is 13.8. The summed E-state index contributed by atoms with van der Waals surface area (Å²) in [4.78, 5) is 10.2. The van der Waals surface area contributed by atoms with Crippen molar-refractivity contribution in [1.29, 1.82) is 0 Å². The van der Waals surface area contributed by atoms with Crippen LogP contribution >= 0.6 is 0 Å². The van der Waals surface area contributed by atoms with E-state index >= 15 is 0 Å². The zero-order valence-corrected chi connectivity index (χ0v) is 38.1. The minimum atomic E-state index is -2.55. The van der Waals surface area contributed by atoms with Crippen LogP contribution in [0.4, 0.5) is 0 Å². The number of rotatable bonds is 8. The maximum Gasteiger partial charge on any atom is 0.148 e. The van der Waals surface area contributed by atoms with E-state index in [1.54, 1.807) is 6.07 Å². The molecule has 5 heteroatoms. The van der Waals surface area contributed by atoms with Crippen LogP contribution in [-0.4, -0.2) is 19.6 Å². The molecule has 6 aromatic carbocycles. The number of hydrogen-bond donors (Lipinski definition) is 1. The number of aryl methyl sites for hydroxylation is 3. The number of phenols is 1. The van der Waals surface area contributed by atoms with Gasteiger partial charge in [0.2, 0.25) is 0 Å². The van der Waals surface area contributed by atoms with Gasteiger partial charge in [0.15, 0.2) is 0 Å². The van der Waals surface area contributed by atoms with Crippen LogP contribution < -0.4 is 0 Å². The van der Waals surface area contributed by atoms with Gasteiger partial charge in [-0.15, -0.1) is 29.3 Å². The summed E-state index contributed by atoms with van der Waals surface area (Å²) in [6.45, 7) is 15.8. The zero-order chi connectivity index (χ0) is 45.2. The number of nitrogens with zero attached hydrogens (tertiary/aromatic N) is 3. The van der Waals surface area contributed by atoms with Crippen LogP contribution in [0.5, 0.6) is 5.75 Å². The van der Waals surface area contributed by atoms with Crippen LogP contribution in [0, 0.1) is 26.8 Å². The monoisotopic (exact) mass is 971 g/mol. The van der Waals surface area contributed by atoms with Gasteiger partial charge in [-0.25, -0.2) is 4.98 Å². The number of pyridine rings is 1. The normalized spacial score (nSPS) is 13.1. The van der Waals surface area contributed by atoms with Crippen molar-refractivity contribution in [3.05, 3.63) is 167 Å². The van der Waals surface area contributed by atoms with Gasteiger partial charge in [0.1, 0.15) is 11.6 Å². The third-order valence-electron chi connectivity index (χ3n) is 11.3. The van der Waals surface area contributed by atoms with E-state index in [2.05, 4.69) is 77.1 Å². The maximum absolute atomic E-state index is 11.8. The number of fused-ring (bicyclic) bond motifs is 1. The van der Waals surface area contributed by atoms with Crippen molar-refractivity contribution < 1.29 is 31.7 Å². The van der Waals surface area contributed by atoms with Gasteiger partial charge in [0.25, 0.3) is 0 Å². The van der Waals surface area contributed by atoms with Gasteiger partial charge in [0, 0.05) is 38.4 Å². The molecule has 0 unspecified atom stereocenters. The number of hydrogen-bond acceptors (Lipinski definition) is 3. The molecule has 306 valence electrons. The molecule has 0 amide bonds. The average Bonchev–Trinajstić information content (AvgIpc) is 3.63. The molecular formula is C55H54N3OPt-. The van der Waals surface area contributed by atoms with Crippen molar-refractivity contribution in [3.8, 4) is 67.5 Å². The zero-order valence-electron chi connectivity index (χ0n) is 39.8. The Kier molecular flexibility index (Phi) is 10.5. The number of benzene rings is 6. The Labute approximate surface area is 376 Å².